The summed E-state index contributed by atoms with van der Waals surface area (Å²) in [5.41, 5.74) is 2.35. The molecule has 7 heteroatoms. The fourth-order valence-electron chi connectivity index (χ4n) is 3.91. The Morgan fingerprint density at radius 1 is 0.844 bits per heavy atom. The van der Waals surface area contributed by atoms with Gasteiger partial charge in [-0.1, -0.05) is 6.07 Å². The molecule has 0 aromatic heterocycles. The molecule has 174 valence electrons. The lowest BCUT2D eigenvalue weighted by Crippen LogP contribution is -2.83. The first-order chi connectivity index (χ1) is 15.6. The first-order valence-corrected chi connectivity index (χ1v) is 11.2. The Kier molecular flexibility index (Phi) is 9.04. The molecule has 0 spiro atoms. The van der Waals surface area contributed by atoms with Gasteiger partial charge in [0, 0.05) is 25.1 Å². The SMILES string of the molecule is COc1ccc(CC[NH2+]Cc2ccc(OCC(=O)N3CCCCC3)c(OC)c2)cc1OC. The van der Waals surface area contributed by atoms with E-state index in [1.807, 2.05) is 35.2 Å². The molecular formula is C25H35N2O5+. The maximum Gasteiger partial charge on any atom is 0.260 e. The summed E-state index contributed by atoms with van der Waals surface area (Å²) in [5.74, 6) is 2.80. The minimum atomic E-state index is 0.0410. The average molecular weight is 444 g/mol. The van der Waals surface area contributed by atoms with Crippen molar-refractivity contribution in [2.75, 3.05) is 47.6 Å². The summed E-state index contributed by atoms with van der Waals surface area (Å²) >= 11 is 0. The number of ether oxygens (including phenoxy) is 4. The van der Waals surface area contributed by atoms with Crippen LogP contribution in [0.5, 0.6) is 23.0 Å². The van der Waals surface area contributed by atoms with Crippen LogP contribution in [0.15, 0.2) is 36.4 Å². The van der Waals surface area contributed by atoms with E-state index in [-0.39, 0.29) is 12.5 Å². The molecule has 3 rings (SSSR count). The topological polar surface area (TPSA) is 73.8 Å². The Balaban J connectivity index is 1.47. The van der Waals surface area contributed by atoms with Gasteiger partial charge in [-0.15, -0.1) is 0 Å². The van der Waals surface area contributed by atoms with Gasteiger partial charge in [-0.25, -0.2) is 0 Å². The summed E-state index contributed by atoms with van der Waals surface area (Å²) in [7, 11) is 4.92. The second kappa shape index (κ2) is 12.2. The molecule has 1 amide bonds. The van der Waals surface area contributed by atoms with Crippen LogP contribution in [0, 0.1) is 0 Å². The molecule has 2 aromatic carbocycles. The molecule has 0 radical (unpaired) electrons. The number of carbonyl (C=O) groups is 1. The molecule has 2 aromatic rings. The van der Waals surface area contributed by atoms with Crippen LogP contribution in [0.1, 0.15) is 30.4 Å². The van der Waals surface area contributed by atoms with E-state index < -0.39 is 0 Å². The molecule has 0 aliphatic carbocycles. The predicted molar refractivity (Wildman–Crippen MR) is 123 cm³/mol. The Morgan fingerprint density at radius 3 is 2.19 bits per heavy atom. The van der Waals surface area contributed by atoms with Gasteiger partial charge < -0.3 is 29.2 Å². The summed E-state index contributed by atoms with van der Waals surface area (Å²) in [6, 6.07) is 11.9. The number of nitrogens with two attached hydrogens (primary N) is 1. The highest BCUT2D eigenvalue weighted by atomic mass is 16.5. The van der Waals surface area contributed by atoms with Crippen molar-refractivity contribution < 1.29 is 29.1 Å². The highest BCUT2D eigenvalue weighted by Gasteiger charge is 2.17. The highest BCUT2D eigenvalue weighted by molar-refractivity contribution is 5.78. The number of methoxy groups -OCH3 is 3. The van der Waals surface area contributed by atoms with E-state index in [0.717, 1.165) is 62.5 Å². The highest BCUT2D eigenvalue weighted by Crippen LogP contribution is 2.28. The van der Waals surface area contributed by atoms with E-state index in [1.165, 1.54) is 12.0 Å². The first-order valence-electron chi connectivity index (χ1n) is 11.2. The molecule has 1 aliphatic rings. The first kappa shape index (κ1) is 23.7. The van der Waals surface area contributed by atoms with Gasteiger partial charge in [0.05, 0.1) is 27.9 Å². The van der Waals surface area contributed by atoms with Crippen LogP contribution in [-0.2, 0) is 17.8 Å². The van der Waals surface area contributed by atoms with E-state index in [1.54, 1.807) is 21.3 Å². The van der Waals surface area contributed by atoms with Gasteiger partial charge in [0.15, 0.2) is 29.6 Å². The van der Waals surface area contributed by atoms with Gasteiger partial charge in [0.2, 0.25) is 0 Å². The molecule has 0 atom stereocenters. The van der Waals surface area contributed by atoms with Gasteiger partial charge in [0.1, 0.15) is 6.54 Å². The number of piperidine rings is 1. The van der Waals surface area contributed by atoms with Crippen molar-refractivity contribution >= 4 is 5.91 Å². The molecule has 1 fully saturated rings. The van der Waals surface area contributed by atoms with E-state index in [0.29, 0.717) is 11.5 Å². The fourth-order valence-corrected chi connectivity index (χ4v) is 3.91. The van der Waals surface area contributed by atoms with Crippen molar-refractivity contribution in [3.05, 3.63) is 47.5 Å². The van der Waals surface area contributed by atoms with E-state index in [9.17, 15) is 4.79 Å². The van der Waals surface area contributed by atoms with E-state index in [2.05, 4.69) is 11.4 Å². The normalized spacial score (nSPS) is 13.5. The molecule has 32 heavy (non-hydrogen) atoms. The van der Waals surface area contributed by atoms with Crippen LogP contribution < -0.4 is 24.3 Å². The summed E-state index contributed by atoms with van der Waals surface area (Å²) in [4.78, 5) is 14.2. The van der Waals surface area contributed by atoms with Crippen molar-refractivity contribution in [3.63, 3.8) is 0 Å². The molecule has 7 nitrogen and oxygen atoms in total. The van der Waals surface area contributed by atoms with Crippen molar-refractivity contribution in [2.24, 2.45) is 0 Å². The van der Waals surface area contributed by atoms with Crippen molar-refractivity contribution in [1.82, 2.24) is 4.90 Å². The number of quaternary nitrogens is 1. The Bertz CT molecular complexity index is 881. The van der Waals surface area contributed by atoms with Gasteiger partial charge in [-0.3, -0.25) is 4.79 Å². The third-order valence-electron chi connectivity index (χ3n) is 5.75. The quantitative estimate of drug-likeness (QED) is 0.540. The van der Waals surface area contributed by atoms with Crippen molar-refractivity contribution in [2.45, 2.75) is 32.2 Å². The van der Waals surface area contributed by atoms with E-state index in [4.69, 9.17) is 18.9 Å². The zero-order valence-corrected chi connectivity index (χ0v) is 19.4. The third-order valence-corrected chi connectivity index (χ3v) is 5.75. The number of hydrogen-bond acceptors (Lipinski definition) is 5. The fraction of sp³-hybridized carbons (Fsp3) is 0.480. The molecule has 0 unspecified atom stereocenters. The van der Waals surface area contributed by atoms with Crippen LogP contribution in [0.2, 0.25) is 0 Å². The standard InChI is InChI=1S/C25H34N2O5/c1-29-21-9-7-19(15-23(21)30-2)11-12-26-17-20-8-10-22(24(16-20)31-3)32-18-25(28)27-13-5-4-6-14-27/h7-10,15-16,26H,4-6,11-14,17-18H2,1-3H3/p+1. The zero-order valence-electron chi connectivity index (χ0n) is 19.4. The summed E-state index contributed by atoms with van der Waals surface area (Å²) < 4.78 is 21.9. The second-order valence-corrected chi connectivity index (χ2v) is 7.94. The molecule has 1 saturated heterocycles. The van der Waals surface area contributed by atoms with Gasteiger partial charge in [-0.2, -0.15) is 0 Å². The molecular weight excluding hydrogens is 408 g/mol. The number of rotatable bonds is 11. The largest absolute Gasteiger partial charge is 0.493 e. The molecule has 1 heterocycles. The van der Waals surface area contributed by atoms with Crippen LogP contribution >= 0.6 is 0 Å². The van der Waals surface area contributed by atoms with Gasteiger partial charge >= 0.3 is 0 Å². The number of amides is 1. The molecule has 1 aliphatic heterocycles. The smallest absolute Gasteiger partial charge is 0.260 e. The minimum absolute atomic E-state index is 0.0410. The van der Waals surface area contributed by atoms with Crippen LogP contribution in [0.4, 0.5) is 0 Å². The molecule has 0 bridgehead atoms. The van der Waals surface area contributed by atoms with Crippen molar-refractivity contribution in [3.8, 4) is 23.0 Å². The lowest BCUT2D eigenvalue weighted by molar-refractivity contribution is -0.670. The van der Waals surface area contributed by atoms with Gasteiger partial charge in [0.25, 0.3) is 5.91 Å². The monoisotopic (exact) mass is 443 g/mol. The Morgan fingerprint density at radius 2 is 1.47 bits per heavy atom. The minimum Gasteiger partial charge on any atom is -0.493 e. The number of hydrogen-bond donors (Lipinski definition) is 1. The number of carbonyl (C=O) groups excluding carboxylic acids is 1. The lowest BCUT2D eigenvalue weighted by Gasteiger charge is -2.26. The predicted octanol–water partition coefficient (Wildman–Crippen LogP) is 2.41. The Labute approximate surface area is 190 Å². The number of nitrogens with zero attached hydrogens (tertiary/aromatic N) is 1. The third kappa shape index (κ3) is 6.53. The van der Waals surface area contributed by atoms with Crippen molar-refractivity contribution in [1.29, 1.82) is 0 Å². The number of benzene rings is 2. The summed E-state index contributed by atoms with van der Waals surface area (Å²) in [6.45, 7) is 3.49. The number of likely N-dealkylation sites (tertiary alicyclic amines) is 1. The van der Waals surface area contributed by atoms with Crippen LogP contribution in [0.25, 0.3) is 0 Å². The lowest BCUT2D eigenvalue weighted by atomic mass is 10.1. The van der Waals surface area contributed by atoms with E-state index >= 15 is 0 Å². The molecule has 0 saturated carbocycles. The summed E-state index contributed by atoms with van der Waals surface area (Å²) in [5, 5.41) is 2.26. The average Bonchev–Trinajstić information content (AvgIpc) is 2.85. The van der Waals surface area contributed by atoms with Gasteiger partial charge in [-0.05, 0) is 55.2 Å². The maximum absolute atomic E-state index is 12.3. The second-order valence-electron chi connectivity index (χ2n) is 7.94. The molecule has 2 N–H and O–H groups in total. The van der Waals surface area contributed by atoms with Crippen LogP contribution in [-0.4, -0.2) is 58.4 Å². The zero-order chi connectivity index (χ0) is 22.8. The summed E-state index contributed by atoms with van der Waals surface area (Å²) in [6.07, 6.45) is 4.28. The van der Waals surface area contributed by atoms with Crippen LogP contribution in [0.3, 0.4) is 0 Å². The maximum atomic E-state index is 12.3. The Hall–Kier alpha value is -2.93.